The normalized spacial score (nSPS) is 12.1. The lowest BCUT2D eigenvalue weighted by Gasteiger charge is -2.18. The van der Waals surface area contributed by atoms with E-state index in [4.69, 9.17) is 14.2 Å². The van der Waals surface area contributed by atoms with Crippen molar-refractivity contribution in [1.82, 2.24) is 0 Å². The van der Waals surface area contributed by atoms with E-state index in [2.05, 4.69) is 34.6 Å². The molecule has 0 spiro atoms. The highest BCUT2D eigenvalue weighted by atomic mass is 16.6. The first-order chi connectivity index (χ1) is 28.7. The third-order valence-electron chi connectivity index (χ3n) is 12.0. The van der Waals surface area contributed by atoms with E-state index in [9.17, 15) is 14.4 Å². The summed E-state index contributed by atoms with van der Waals surface area (Å²) < 4.78 is 16.8. The molecule has 0 bridgehead atoms. The zero-order valence-corrected chi connectivity index (χ0v) is 40.4. The summed E-state index contributed by atoms with van der Waals surface area (Å²) in [5.41, 5.74) is 0. The van der Waals surface area contributed by atoms with Crippen LogP contribution in [-0.2, 0) is 28.6 Å². The number of carbonyl (C=O) groups excluding carboxylic acids is 3. The molecular formula is C53H102O6. The number of esters is 3. The van der Waals surface area contributed by atoms with E-state index in [0.717, 1.165) is 69.6 Å². The summed E-state index contributed by atoms with van der Waals surface area (Å²) in [7, 11) is 0. The molecule has 0 amide bonds. The van der Waals surface area contributed by atoms with Gasteiger partial charge in [-0.05, 0) is 31.1 Å². The van der Waals surface area contributed by atoms with Gasteiger partial charge >= 0.3 is 17.9 Å². The van der Waals surface area contributed by atoms with Gasteiger partial charge in [0.15, 0.2) is 6.10 Å². The van der Waals surface area contributed by atoms with Gasteiger partial charge < -0.3 is 14.2 Å². The molecule has 0 aromatic rings. The van der Waals surface area contributed by atoms with Gasteiger partial charge in [0.05, 0.1) is 0 Å². The lowest BCUT2D eigenvalue weighted by atomic mass is 10.0. The Morgan fingerprint density at radius 1 is 0.322 bits per heavy atom. The van der Waals surface area contributed by atoms with Crippen LogP contribution in [0, 0.1) is 11.8 Å². The largest absolute Gasteiger partial charge is 0.462 e. The van der Waals surface area contributed by atoms with Crippen LogP contribution in [-0.4, -0.2) is 37.2 Å². The van der Waals surface area contributed by atoms with Crippen molar-refractivity contribution in [2.75, 3.05) is 13.2 Å². The second-order valence-electron chi connectivity index (χ2n) is 19.1. The molecule has 0 aromatic carbocycles. The fourth-order valence-electron chi connectivity index (χ4n) is 7.99. The molecule has 59 heavy (non-hydrogen) atoms. The zero-order valence-electron chi connectivity index (χ0n) is 40.4. The first kappa shape index (κ1) is 57.4. The van der Waals surface area contributed by atoms with E-state index < -0.39 is 6.10 Å². The van der Waals surface area contributed by atoms with E-state index in [1.165, 1.54) is 180 Å². The quantitative estimate of drug-likeness (QED) is 0.0345. The van der Waals surface area contributed by atoms with Crippen molar-refractivity contribution in [1.29, 1.82) is 0 Å². The summed E-state index contributed by atoms with van der Waals surface area (Å²) in [5, 5.41) is 0. The lowest BCUT2D eigenvalue weighted by molar-refractivity contribution is -0.167. The standard InChI is InChI=1S/C53H102O6/c1-6-7-8-9-10-11-23-29-35-40-45-53(56)59-50(47-58-52(55)44-39-34-30-25-27-32-37-42-49(4)5)46-57-51(54)43-38-33-28-24-21-19-17-15-13-12-14-16-18-20-22-26-31-36-41-48(2)3/h48-50H,6-47H2,1-5H3/t50-/m1/s1. The van der Waals surface area contributed by atoms with Crippen molar-refractivity contribution >= 4 is 17.9 Å². The minimum Gasteiger partial charge on any atom is -0.462 e. The zero-order chi connectivity index (χ0) is 43.3. The second-order valence-corrected chi connectivity index (χ2v) is 19.1. The number of unbranched alkanes of at least 4 members (excludes halogenated alkanes) is 32. The molecule has 6 nitrogen and oxygen atoms in total. The van der Waals surface area contributed by atoms with Gasteiger partial charge in [0.25, 0.3) is 0 Å². The van der Waals surface area contributed by atoms with Crippen LogP contribution in [0.1, 0.15) is 291 Å². The van der Waals surface area contributed by atoms with Crippen molar-refractivity contribution in [2.45, 2.75) is 298 Å². The van der Waals surface area contributed by atoms with Gasteiger partial charge in [-0.25, -0.2) is 0 Å². The molecule has 0 saturated heterocycles. The summed E-state index contributed by atoms with van der Waals surface area (Å²) in [6.45, 7) is 11.3. The summed E-state index contributed by atoms with van der Waals surface area (Å²) in [6, 6.07) is 0. The topological polar surface area (TPSA) is 78.9 Å². The predicted octanol–water partition coefficient (Wildman–Crippen LogP) is 16.9. The van der Waals surface area contributed by atoms with E-state index in [-0.39, 0.29) is 31.1 Å². The second kappa shape index (κ2) is 45.9. The Balaban J connectivity index is 4.16. The fourth-order valence-corrected chi connectivity index (χ4v) is 7.99. The molecular weight excluding hydrogens is 733 g/mol. The van der Waals surface area contributed by atoms with Crippen LogP contribution in [0.4, 0.5) is 0 Å². The minimum absolute atomic E-state index is 0.0641. The van der Waals surface area contributed by atoms with Gasteiger partial charge in [-0.15, -0.1) is 0 Å². The highest BCUT2D eigenvalue weighted by molar-refractivity contribution is 5.71. The molecule has 0 aliphatic carbocycles. The van der Waals surface area contributed by atoms with Crippen LogP contribution in [0.3, 0.4) is 0 Å². The highest BCUT2D eigenvalue weighted by Gasteiger charge is 2.19. The molecule has 0 aliphatic heterocycles. The van der Waals surface area contributed by atoms with Crippen LogP contribution in [0.25, 0.3) is 0 Å². The van der Waals surface area contributed by atoms with E-state index in [1.54, 1.807) is 0 Å². The van der Waals surface area contributed by atoms with Gasteiger partial charge in [0.2, 0.25) is 0 Å². The van der Waals surface area contributed by atoms with Crippen LogP contribution in [0.2, 0.25) is 0 Å². The molecule has 1 atom stereocenters. The highest BCUT2D eigenvalue weighted by Crippen LogP contribution is 2.17. The summed E-state index contributed by atoms with van der Waals surface area (Å²) in [4.78, 5) is 37.8. The molecule has 0 unspecified atom stereocenters. The molecule has 0 N–H and O–H groups in total. The Hall–Kier alpha value is -1.59. The Morgan fingerprint density at radius 2 is 0.559 bits per heavy atom. The van der Waals surface area contributed by atoms with Gasteiger partial charge in [-0.3, -0.25) is 14.4 Å². The molecule has 6 heteroatoms. The van der Waals surface area contributed by atoms with Crippen molar-refractivity contribution in [2.24, 2.45) is 11.8 Å². The molecule has 350 valence electrons. The molecule has 0 aromatic heterocycles. The summed E-state index contributed by atoms with van der Waals surface area (Å²) in [5.74, 6) is 0.788. The van der Waals surface area contributed by atoms with Crippen molar-refractivity contribution in [3.8, 4) is 0 Å². The maximum Gasteiger partial charge on any atom is 0.306 e. The summed E-state index contributed by atoms with van der Waals surface area (Å²) >= 11 is 0. The molecule has 0 radical (unpaired) electrons. The van der Waals surface area contributed by atoms with Crippen molar-refractivity contribution in [3.63, 3.8) is 0 Å². The van der Waals surface area contributed by atoms with E-state index in [1.807, 2.05) is 0 Å². The monoisotopic (exact) mass is 835 g/mol. The Kier molecular flexibility index (Phi) is 44.7. The first-order valence-corrected chi connectivity index (χ1v) is 26.2. The van der Waals surface area contributed by atoms with Gasteiger partial charge in [0.1, 0.15) is 13.2 Å². The van der Waals surface area contributed by atoms with Gasteiger partial charge in [0, 0.05) is 19.3 Å². The molecule has 0 heterocycles. The molecule has 0 saturated carbocycles. The molecule has 0 aliphatic rings. The maximum absolute atomic E-state index is 12.7. The Labute approximate surface area is 368 Å². The van der Waals surface area contributed by atoms with Gasteiger partial charge in [-0.1, -0.05) is 253 Å². The summed E-state index contributed by atoms with van der Waals surface area (Å²) in [6.07, 6.45) is 46.8. The van der Waals surface area contributed by atoms with Crippen molar-refractivity contribution < 1.29 is 28.6 Å². The number of ether oxygens (including phenoxy) is 3. The van der Waals surface area contributed by atoms with Crippen LogP contribution in [0.15, 0.2) is 0 Å². The number of rotatable bonds is 47. The van der Waals surface area contributed by atoms with Crippen LogP contribution >= 0.6 is 0 Å². The van der Waals surface area contributed by atoms with Crippen LogP contribution < -0.4 is 0 Å². The molecule has 0 fully saturated rings. The Bertz CT molecular complexity index is 900. The Morgan fingerprint density at radius 3 is 0.831 bits per heavy atom. The fraction of sp³-hybridized carbons (Fsp3) is 0.943. The number of hydrogen-bond acceptors (Lipinski definition) is 6. The average Bonchev–Trinajstić information content (AvgIpc) is 3.20. The minimum atomic E-state index is -0.761. The van der Waals surface area contributed by atoms with Crippen molar-refractivity contribution in [3.05, 3.63) is 0 Å². The smallest absolute Gasteiger partial charge is 0.306 e. The average molecular weight is 835 g/mol. The first-order valence-electron chi connectivity index (χ1n) is 26.2. The van der Waals surface area contributed by atoms with E-state index in [0.29, 0.717) is 19.3 Å². The van der Waals surface area contributed by atoms with Crippen LogP contribution in [0.5, 0.6) is 0 Å². The predicted molar refractivity (Wildman–Crippen MR) is 252 cm³/mol. The third-order valence-corrected chi connectivity index (χ3v) is 12.0. The van der Waals surface area contributed by atoms with Gasteiger partial charge in [-0.2, -0.15) is 0 Å². The maximum atomic E-state index is 12.7. The third kappa shape index (κ3) is 47.3. The number of carbonyl (C=O) groups is 3. The SMILES string of the molecule is CCCCCCCCCCCCC(=O)O[C@H](COC(=O)CCCCCCCCCCCCCCCCCCCCC(C)C)COC(=O)CCCCCCCCCC(C)C. The number of hydrogen-bond donors (Lipinski definition) is 0. The van der Waals surface area contributed by atoms with E-state index >= 15 is 0 Å². The molecule has 0 rings (SSSR count). The lowest BCUT2D eigenvalue weighted by Crippen LogP contribution is -2.30.